The summed E-state index contributed by atoms with van der Waals surface area (Å²) in [4.78, 5) is 2.65. The second kappa shape index (κ2) is 7.31. The standard InChI is InChI=1S/C23H29NO/c25-23(15-7-12-19-8-3-1-4-9-19)16-21-13-14-22(17-23)24(21)18-20-10-5-2-6-11-20/h1-6,8-11,21-22,25H,7,12-18H2. The molecule has 2 heterocycles. The van der Waals surface area contributed by atoms with Gasteiger partial charge in [0.1, 0.15) is 0 Å². The number of piperidine rings is 1. The van der Waals surface area contributed by atoms with Gasteiger partial charge in [0.25, 0.3) is 0 Å². The van der Waals surface area contributed by atoms with Crippen LogP contribution in [0.25, 0.3) is 0 Å². The summed E-state index contributed by atoms with van der Waals surface area (Å²) in [5.74, 6) is 0. The monoisotopic (exact) mass is 335 g/mol. The van der Waals surface area contributed by atoms with Crippen LogP contribution in [0, 0.1) is 0 Å². The van der Waals surface area contributed by atoms with E-state index in [0.29, 0.717) is 12.1 Å². The van der Waals surface area contributed by atoms with Crippen LogP contribution in [0.3, 0.4) is 0 Å². The second-order valence-corrected chi connectivity index (χ2v) is 8.01. The molecule has 2 aliphatic rings. The zero-order chi connectivity index (χ0) is 17.1. The number of aryl methyl sites for hydroxylation is 1. The van der Waals surface area contributed by atoms with Gasteiger partial charge in [0.05, 0.1) is 5.60 Å². The fraction of sp³-hybridized carbons (Fsp3) is 0.478. The van der Waals surface area contributed by atoms with Crippen molar-refractivity contribution in [1.82, 2.24) is 4.90 Å². The van der Waals surface area contributed by atoms with E-state index in [1.165, 1.54) is 24.0 Å². The van der Waals surface area contributed by atoms with E-state index in [-0.39, 0.29) is 0 Å². The first kappa shape index (κ1) is 16.8. The molecule has 2 aliphatic heterocycles. The highest BCUT2D eigenvalue weighted by molar-refractivity contribution is 5.17. The summed E-state index contributed by atoms with van der Waals surface area (Å²) in [7, 11) is 0. The first-order valence-electron chi connectivity index (χ1n) is 9.78. The van der Waals surface area contributed by atoms with Gasteiger partial charge in [-0.25, -0.2) is 0 Å². The highest BCUT2D eigenvalue weighted by Crippen LogP contribution is 2.43. The van der Waals surface area contributed by atoms with Crippen molar-refractivity contribution < 1.29 is 5.11 Å². The summed E-state index contributed by atoms with van der Waals surface area (Å²) in [6.07, 6.45) is 7.49. The molecule has 2 saturated heterocycles. The Labute approximate surface area is 151 Å². The Morgan fingerprint density at radius 1 is 0.840 bits per heavy atom. The van der Waals surface area contributed by atoms with E-state index in [1.54, 1.807) is 0 Å². The molecular weight excluding hydrogens is 306 g/mol. The van der Waals surface area contributed by atoms with Gasteiger partial charge in [-0.05, 0) is 56.1 Å². The average molecular weight is 335 g/mol. The lowest BCUT2D eigenvalue weighted by Gasteiger charge is -2.44. The van der Waals surface area contributed by atoms with Gasteiger partial charge in [-0.1, -0.05) is 60.7 Å². The maximum Gasteiger partial charge on any atom is 0.0677 e. The number of rotatable bonds is 6. The van der Waals surface area contributed by atoms with Crippen molar-refractivity contribution in [2.75, 3.05) is 0 Å². The molecule has 2 unspecified atom stereocenters. The zero-order valence-electron chi connectivity index (χ0n) is 15.0. The number of hydrogen-bond acceptors (Lipinski definition) is 2. The van der Waals surface area contributed by atoms with Crippen LogP contribution in [0.4, 0.5) is 0 Å². The summed E-state index contributed by atoms with van der Waals surface area (Å²) in [5.41, 5.74) is 2.33. The van der Waals surface area contributed by atoms with Crippen LogP contribution < -0.4 is 0 Å². The lowest BCUT2D eigenvalue weighted by molar-refractivity contribution is -0.0607. The molecule has 4 rings (SSSR count). The van der Waals surface area contributed by atoms with Crippen LogP contribution in [0.1, 0.15) is 49.7 Å². The second-order valence-electron chi connectivity index (χ2n) is 8.01. The topological polar surface area (TPSA) is 23.5 Å². The molecule has 25 heavy (non-hydrogen) atoms. The van der Waals surface area contributed by atoms with Gasteiger partial charge in [-0.15, -0.1) is 0 Å². The van der Waals surface area contributed by atoms with Crippen LogP contribution in [0.15, 0.2) is 60.7 Å². The summed E-state index contributed by atoms with van der Waals surface area (Å²) in [6.45, 7) is 1.04. The summed E-state index contributed by atoms with van der Waals surface area (Å²) >= 11 is 0. The normalized spacial score (nSPS) is 29.0. The van der Waals surface area contributed by atoms with Crippen molar-refractivity contribution >= 4 is 0 Å². The Hall–Kier alpha value is -1.64. The molecule has 2 heteroatoms. The summed E-state index contributed by atoms with van der Waals surface area (Å²) < 4.78 is 0. The molecule has 0 aliphatic carbocycles. The van der Waals surface area contributed by atoms with Gasteiger partial charge in [-0.2, -0.15) is 0 Å². The highest BCUT2D eigenvalue weighted by atomic mass is 16.3. The third kappa shape index (κ3) is 3.96. The summed E-state index contributed by atoms with van der Waals surface area (Å²) in [6, 6.07) is 22.5. The molecule has 0 saturated carbocycles. The molecular formula is C23H29NO. The van der Waals surface area contributed by atoms with Gasteiger partial charge in [0.15, 0.2) is 0 Å². The number of benzene rings is 2. The van der Waals surface area contributed by atoms with E-state index in [9.17, 15) is 5.11 Å². The first-order valence-corrected chi connectivity index (χ1v) is 9.78. The fourth-order valence-electron chi connectivity index (χ4n) is 4.94. The molecule has 2 nitrogen and oxygen atoms in total. The molecule has 2 bridgehead atoms. The van der Waals surface area contributed by atoms with Crippen LogP contribution in [-0.2, 0) is 13.0 Å². The molecule has 2 aromatic rings. The molecule has 0 radical (unpaired) electrons. The smallest absolute Gasteiger partial charge is 0.0677 e. The van der Waals surface area contributed by atoms with E-state index >= 15 is 0 Å². The lowest BCUT2D eigenvalue weighted by Crippen LogP contribution is -2.50. The van der Waals surface area contributed by atoms with Gasteiger partial charge < -0.3 is 5.11 Å². The first-order chi connectivity index (χ1) is 12.2. The predicted octanol–water partition coefficient (Wildman–Crippen LogP) is 4.57. The van der Waals surface area contributed by atoms with Crippen molar-refractivity contribution in [2.24, 2.45) is 0 Å². The van der Waals surface area contributed by atoms with E-state index in [2.05, 4.69) is 65.6 Å². The Morgan fingerprint density at radius 2 is 1.40 bits per heavy atom. The molecule has 1 N–H and O–H groups in total. The maximum absolute atomic E-state index is 11.2. The largest absolute Gasteiger partial charge is 0.390 e. The third-order valence-electron chi connectivity index (χ3n) is 6.16. The van der Waals surface area contributed by atoms with Crippen LogP contribution in [0.5, 0.6) is 0 Å². The lowest BCUT2D eigenvalue weighted by atomic mass is 9.81. The van der Waals surface area contributed by atoms with Crippen molar-refractivity contribution in [3.8, 4) is 0 Å². The van der Waals surface area contributed by atoms with Gasteiger partial charge in [-0.3, -0.25) is 4.90 Å². The van der Waals surface area contributed by atoms with E-state index in [0.717, 1.165) is 38.6 Å². The van der Waals surface area contributed by atoms with E-state index in [1.807, 2.05) is 0 Å². The van der Waals surface area contributed by atoms with Crippen molar-refractivity contribution in [1.29, 1.82) is 0 Å². The van der Waals surface area contributed by atoms with E-state index in [4.69, 9.17) is 0 Å². The Morgan fingerprint density at radius 3 is 2.00 bits per heavy atom. The average Bonchev–Trinajstić information content (AvgIpc) is 2.88. The molecule has 0 aromatic heterocycles. The van der Waals surface area contributed by atoms with Gasteiger partial charge in [0, 0.05) is 18.6 Å². The quantitative estimate of drug-likeness (QED) is 0.836. The molecule has 132 valence electrons. The number of hydrogen-bond donors (Lipinski definition) is 1. The molecule has 0 spiro atoms. The third-order valence-corrected chi connectivity index (χ3v) is 6.16. The predicted molar refractivity (Wildman–Crippen MR) is 102 cm³/mol. The van der Waals surface area contributed by atoms with Crippen LogP contribution in [-0.4, -0.2) is 27.7 Å². The minimum atomic E-state index is -0.451. The van der Waals surface area contributed by atoms with E-state index < -0.39 is 5.60 Å². The molecule has 2 atom stereocenters. The Balaban J connectivity index is 1.34. The minimum absolute atomic E-state index is 0.451. The van der Waals surface area contributed by atoms with Gasteiger partial charge >= 0.3 is 0 Å². The van der Waals surface area contributed by atoms with Crippen LogP contribution in [0.2, 0.25) is 0 Å². The number of fused-ring (bicyclic) bond motifs is 2. The van der Waals surface area contributed by atoms with Crippen LogP contribution >= 0.6 is 0 Å². The highest BCUT2D eigenvalue weighted by Gasteiger charge is 2.46. The number of aliphatic hydroxyl groups is 1. The zero-order valence-corrected chi connectivity index (χ0v) is 15.0. The minimum Gasteiger partial charge on any atom is -0.390 e. The number of nitrogens with zero attached hydrogens (tertiary/aromatic N) is 1. The molecule has 0 amide bonds. The Kier molecular flexibility index (Phi) is 4.91. The Bertz CT molecular complexity index is 655. The summed E-state index contributed by atoms with van der Waals surface area (Å²) in [5, 5.41) is 11.2. The SMILES string of the molecule is OC1(CCCc2ccccc2)CC2CCC(C1)N2Cc1ccccc1. The van der Waals surface area contributed by atoms with Crippen molar-refractivity contribution in [3.63, 3.8) is 0 Å². The van der Waals surface area contributed by atoms with Gasteiger partial charge in [0.2, 0.25) is 0 Å². The molecule has 2 fully saturated rings. The van der Waals surface area contributed by atoms with Crippen molar-refractivity contribution in [2.45, 2.75) is 69.2 Å². The fourth-order valence-corrected chi connectivity index (χ4v) is 4.94. The molecule has 2 aromatic carbocycles. The maximum atomic E-state index is 11.2. The van der Waals surface area contributed by atoms with Crippen molar-refractivity contribution in [3.05, 3.63) is 71.8 Å².